The van der Waals surface area contributed by atoms with Gasteiger partial charge < -0.3 is 14.2 Å². The average molecular weight is 393 g/mol. The molecule has 2 aliphatic heterocycles. The third kappa shape index (κ3) is 5.25. The number of ether oxygens (including phenoxy) is 3. The molecule has 0 saturated carbocycles. The van der Waals surface area contributed by atoms with Crippen molar-refractivity contribution in [2.24, 2.45) is 0 Å². The topological polar surface area (TPSA) is 48.0 Å². The summed E-state index contributed by atoms with van der Waals surface area (Å²) in [5.74, 6) is 0. The van der Waals surface area contributed by atoms with Crippen LogP contribution in [0.25, 0.3) is 0 Å². The van der Waals surface area contributed by atoms with E-state index in [0.29, 0.717) is 33.0 Å². The summed E-state index contributed by atoms with van der Waals surface area (Å²) in [4.78, 5) is 14.6. The van der Waals surface area contributed by atoms with Crippen LogP contribution in [0.3, 0.4) is 0 Å². The van der Waals surface area contributed by atoms with Crippen molar-refractivity contribution in [3.63, 3.8) is 0 Å². The molecule has 0 aromatic heterocycles. The quantitative estimate of drug-likeness (QED) is 0.519. The van der Waals surface area contributed by atoms with Gasteiger partial charge in [0, 0.05) is 0 Å². The fourth-order valence-corrected chi connectivity index (χ4v) is 3.92. The lowest BCUT2D eigenvalue weighted by atomic mass is 9.93. The lowest BCUT2D eigenvalue weighted by molar-refractivity contribution is -0.0379. The summed E-state index contributed by atoms with van der Waals surface area (Å²) in [5, 5.41) is 0. The number of amides is 1. The molecule has 2 heterocycles. The van der Waals surface area contributed by atoms with E-state index < -0.39 is 0 Å². The molecule has 0 spiro atoms. The van der Waals surface area contributed by atoms with Crippen LogP contribution in [0.2, 0.25) is 0 Å². The number of nitrogens with zero attached hydrogens (tertiary/aromatic N) is 1. The van der Waals surface area contributed by atoms with Crippen LogP contribution in [0.4, 0.5) is 4.79 Å². The largest absolute Gasteiger partial charge is 0.445 e. The van der Waals surface area contributed by atoms with Crippen LogP contribution in [0, 0.1) is 0 Å². The van der Waals surface area contributed by atoms with Gasteiger partial charge in [0.2, 0.25) is 0 Å². The zero-order chi connectivity index (χ0) is 19.9. The van der Waals surface area contributed by atoms with Crippen molar-refractivity contribution in [1.82, 2.24) is 4.90 Å². The third-order valence-corrected chi connectivity index (χ3v) is 5.37. The first kappa shape index (κ1) is 19.7. The van der Waals surface area contributed by atoms with Crippen molar-refractivity contribution in [2.75, 3.05) is 19.8 Å². The Labute approximate surface area is 171 Å². The summed E-state index contributed by atoms with van der Waals surface area (Å²) < 4.78 is 17.1. The highest BCUT2D eigenvalue weighted by Crippen LogP contribution is 2.29. The van der Waals surface area contributed by atoms with Crippen molar-refractivity contribution in [3.05, 3.63) is 83.4 Å². The molecule has 4 rings (SSSR count). The lowest BCUT2D eigenvalue weighted by Crippen LogP contribution is -2.56. The summed E-state index contributed by atoms with van der Waals surface area (Å²) in [6, 6.07) is 19.9. The molecule has 0 aliphatic carbocycles. The maximum atomic E-state index is 12.7. The van der Waals surface area contributed by atoms with Gasteiger partial charge in [0.05, 0.1) is 38.5 Å². The molecule has 1 fully saturated rings. The van der Waals surface area contributed by atoms with Gasteiger partial charge in [-0.15, -0.1) is 0 Å². The molecule has 2 atom stereocenters. The van der Waals surface area contributed by atoms with Gasteiger partial charge in [-0.1, -0.05) is 72.3 Å². The van der Waals surface area contributed by atoms with Crippen molar-refractivity contribution in [1.29, 1.82) is 0 Å². The number of carbonyl (C=O) groups is 1. The number of rotatable bonds is 7. The minimum Gasteiger partial charge on any atom is -0.445 e. The minimum atomic E-state index is -0.261. The Bertz CT molecular complexity index is 821. The van der Waals surface area contributed by atoms with Gasteiger partial charge in [0.1, 0.15) is 6.61 Å². The fourth-order valence-electron chi connectivity index (χ4n) is 3.92. The van der Waals surface area contributed by atoms with E-state index in [-0.39, 0.29) is 18.2 Å². The van der Waals surface area contributed by atoms with Gasteiger partial charge in [-0.05, 0) is 24.0 Å². The number of hydrogen-bond donors (Lipinski definition) is 0. The monoisotopic (exact) mass is 393 g/mol. The second-order valence-corrected chi connectivity index (χ2v) is 7.52. The second-order valence-electron chi connectivity index (χ2n) is 7.52. The minimum absolute atomic E-state index is 0.0335. The van der Waals surface area contributed by atoms with E-state index in [1.165, 1.54) is 11.1 Å². The first-order valence-corrected chi connectivity index (χ1v) is 10.2. The summed E-state index contributed by atoms with van der Waals surface area (Å²) in [5.41, 5.74) is 3.51. The smallest absolute Gasteiger partial charge is 0.411 e. The Hall–Kier alpha value is -2.63. The Kier molecular flexibility index (Phi) is 6.60. The average Bonchev–Trinajstić information content (AvgIpc) is 2.76. The highest BCUT2D eigenvalue weighted by atomic mass is 16.6. The van der Waals surface area contributed by atoms with Gasteiger partial charge in [-0.3, -0.25) is 4.90 Å². The van der Waals surface area contributed by atoms with E-state index in [1.54, 1.807) is 0 Å². The Balaban J connectivity index is 1.29. The van der Waals surface area contributed by atoms with Crippen molar-refractivity contribution in [2.45, 2.75) is 38.1 Å². The van der Waals surface area contributed by atoms with Crippen LogP contribution in [-0.2, 0) is 27.4 Å². The van der Waals surface area contributed by atoms with Crippen LogP contribution >= 0.6 is 0 Å². The first-order valence-electron chi connectivity index (χ1n) is 10.2. The zero-order valence-electron chi connectivity index (χ0n) is 16.5. The van der Waals surface area contributed by atoms with Crippen molar-refractivity contribution >= 4 is 6.09 Å². The predicted molar refractivity (Wildman–Crippen MR) is 110 cm³/mol. The summed E-state index contributed by atoms with van der Waals surface area (Å²) in [7, 11) is 0. The first-order chi connectivity index (χ1) is 14.3. The Morgan fingerprint density at radius 1 is 0.966 bits per heavy atom. The maximum Gasteiger partial charge on any atom is 0.411 e. The molecule has 5 heteroatoms. The summed E-state index contributed by atoms with van der Waals surface area (Å²) in [6.45, 7) is 2.67. The number of morpholine rings is 1. The molecule has 2 aromatic rings. The van der Waals surface area contributed by atoms with Crippen molar-refractivity contribution in [3.8, 4) is 0 Å². The highest BCUT2D eigenvalue weighted by Gasteiger charge is 2.38. The second kappa shape index (κ2) is 9.72. The van der Waals surface area contributed by atoms with E-state index in [9.17, 15) is 4.79 Å². The molecule has 2 aromatic carbocycles. The van der Waals surface area contributed by atoms with E-state index in [4.69, 9.17) is 14.2 Å². The molecule has 1 amide bonds. The SMILES string of the molecule is O=C(OCc1ccccc1)N1C2C=C(CCOCc3ccccc3)CC1COC2. The van der Waals surface area contributed by atoms with E-state index in [0.717, 1.165) is 18.4 Å². The number of hydrogen-bond acceptors (Lipinski definition) is 4. The molecular formula is C24H27NO4. The van der Waals surface area contributed by atoms with Gasteiger partial charge in [-0.2, -0.15) is 0 Å². The normalized spacial score (nSPS) is 20.8. The molecule has 0 N–H and O–H groups in total. The molecular weight excluding hydrogens is 366 g/mol. The molecule has 5 nitrogen and oxygen atoms in total. The molecule has 152 valence electrons. The number of carbonyl (C=O) groups excluding carboxylic acids is 1. The molecule has 0 radical (unpaired) electrons. The molecule has 2 aliphatic rings. The fraction of sp³-hybridized carbons (Fsp3) is 0.375. The Morgan fingerprint density at radius 2 is 1.66 bits per heavy atom. The van der Waals surface area contributed by atoms with E-state index in [2.05, 4.69) is 18.2 Å². The van der Waals surface area contributed by atoms with Crippen LogP contribution in [0.1, 0.15) is 24.0 Å². The van der Waals surface area contributed by atoms with Crippen LogP contribution < -0.4 is 0 Å². The third-order valence-electron chi connectivity index (χ3n) is 5.37. The zero-order valence-corrected chi connectivity index (χ0v) is 16.5. The molecule has 2 bridgehead atoms. The Morgan fingerprint density at radius 3 is 2.34 bits per heavy atom. The molecule has 29 heavy (non-hydrogen) atoms. The van der Waals surface area contributed by atoms with Gasteiger partial charge in [0.15, 0.2) is 0 Å². The number of benzene rings is 2. The highest BCUT2D eigenvalue weighted by molar-refractivity contribution is 5.69. The van der Waals surface area contributed by atoms with Crippen LogP contribution in [-0.4, -0.2) is 42.9 Å². The standard InChI is InChI=1S/C24H27NO4/c26-24(29-16-20-9-5-2-6-10-20)25-22-13-21(14-23(25)18-28-17-22)11-12-27-15-19-7-3-1-4-8-19/h1-10,13,22-23H,11-12,14-18H2. The maximum absolute atomic E-state index is 12.7. The van der Waals surface area contributed by atoms with Crippen LogP contribution in [0.5, 0.6) is 0 Å². The predicted octanol–water partition coefficient (Wildman–Crippen LogP) is 4.33. The lowest BCUT2D eigenvalue weighted by Gasteiger charge is -2.43. The van der Waals surface area contributed by atoms with Gasteiger partial charge in [-0.25, -0.2) is 4.79 Å². The molecule has 2 unspecified atom stereocenters. The summed E-state index contributed by atoms with van der Waals surface area (Å²) in [6.07, 6.45) is 3.59. The summed E-state index contributed by atoms with van der Waals surface area (Å²) >= 11 is 0. The van der Waals surface area contributed by atoms with E-state index >= 15 is 0 Å². The van der Waals surface area contributed by atoms with Gasteiger partial charge >= 0.3 is 6.09 Å². The van der Waals surface area contributed by atoms with Crippen LogP contribution in [0.15, 0.2) is 72.3 Å². The molecule has 1 saturated heterocycles. The number of fused-ring (bicyclic) bond motifs is 2. The van der Waals surface area contributed by atoms with E-state index in [1.807, 2.05) is 53.4 Å². The van der Waals surface area contributed by atoms with Crippen molar-refractivity contribution < 1.29 is 19.0 Å². The van der Waals surface area contributed by atoms with Gasteiger partial charge in [0.25, 0.3) is 0 Å².